The van der Waals surface area contributed by atoms with Crippen LogP contribution in [0.15, 0.2) is 0 Å². The minimum atomic E-state index is -2.78. The Labute approximate surface area is 105 Å². The molecule has 1 aliphatic heterocycles. The summed E-state index contributed by atoms with van der Waals surface area (Å²) in [5, 5.41) is 3.52. The lowest BCUT2D eigenvalue weighted by molar-refractivity contribution is 0.251. The van der Waals surface area contributed by atoms with Crippen molar-refractivity contribution in [3.05, 3.63) is 0 Å². The van der Waals surface area contributed by atoms with E-state index in [1.54, 1.807) is 0 Å². The Morgan fingerprint density at radius 1 is 1.35 bits per heavy atom. The van der Waals surface area contributed by atoms with Gasteiger partial charge in [0.25, 0.3) is 0 Å². The molecule has 2 rings (SSSR count). The molecule has 4 heteroatoms. The fourth-order valence-electron chi connectivity index (χ4n) is 3.29. The molecule has 2 fully saturated rings. The van der Waals surface area contributed by atoms with Gasteiger partial charge in [0.2, 0.25) is 0 Å². The van der Waals surface area contributed by atoms with Crippen LogP contribution in [0.25, 0.3) is 0 Å². The summed E-state index contributed by atoms with van der Waals surface area (Å²) in [4.78, 5) is 0. The Balaban J connectivity index is 1.82. The minimum Gasteiger partial charge on any atom is -0.310 e. The van der Waals surface area contributed by atoms with E-state index in [4.69, 9.17) is 0 Å². The highest BCUT2D eigenvalue weighted by atomic mass is 32.2. The van der Waals surface area contributed by atoms with E-state index in [9.17, 15) is 8.42 Å². The van der Waals surface area contributed by atoms with E-state index in [2.05, 4.69) is 19.2 Å². The first-order chi connectivity index (χ1) is 7.89. The van der Waals surface area contributed by atoms with Crippen molar-refractivity contribution >= 4 is 9.84 Å². The van der Waals surface area contributed by atoms with Crippen LogP contribution in [0.4, 0.5) is 0 Å². The molecule has 17 heavy (non-hydrogen) atoms. The topological polar surface area (TPSA) is 46.2 Å². The Morgan fingerprint density at radius 2 is 2.12 bits per heavy atom. The van der Waals surface area contributed by atoms with E-state index in [-0.39, 0.29) is 5.54 Å². The Kier molecular flexibility index (Phi) is 3.83. The van der Waals surface area contributed by atoms with E-state index in [1.165, 1.54) is 25.7 Å². The van der Waals surface area contributed by atoms with Crippen molar-refractivity contribution < 1.29 is 8.42 Å². The summed E-state index contributed by atoms with van der Waals surface area (Å²) >= 11 is 0. The molecule has 3 unspecified atom stereocenters. The number of sulfone groups is 1. The fraction of sp³-hybridized carbons (Fsp3) is 1.00. The summed E-state index contributed by atoms with van der Waals surface area (Å²) in [6, 6.07) is 0. The number of hydrogen-bond acceptors (Lipinski definition) is 3. The third kappa shape index (κ3) is 3.68. The number of nitrogens with one attached hydrogen (secondary N) is 1. The van der Waals surface area contributed by atoms with Crippen molar-refractivity contribution in [3.63, 3.8) is 0 Å². The zero-order valence-corrected chi connectivity index (χ0v) is 11.9. The highest BCUT2D eigenvalue weighted by molar-refractivity contribution is 7.91. The Morgan fingerprint density at radius 3 is 2.71 bits per heavy atom. The van der Waals surface area contributed by atoms with Gasteiger partial charge < -0.3 is 5.32 Å². The van der Waals surface area contributed by atoms with E-state index >= 15 is 0 Å². The maximum absolute atomic E-state index is 11.5. The molecule has 0 amide bonds. The van der Waals surface area contributed by atoms with Crippen LogP contribution in [0.3, 0.4) is 0 Å². The Bertz CT molecular complexity index is 366. The maximum Gasteiger partial charge on any atom is 0.152 e. The van der Waals surface area contributed by atoms with Gasteiger partial charge >= 0.3 is 0 Å². The largest absolute Gasteiger partial charge is 0.310 e. The van der Waals surface area contributed by atoms with E-state index < -0.39 is 9.84 Å². The lowest BCUT2D eigenvalue weighted by atomic mass is 9.82. The molecular weight excluding hydrogens is 234 g/mol. The summed E-state index contributed by atoms with van der Waals surface area (Å²) in [7, 11) is -2.78. The van der Waals surface area contributed by atoms with E-state index in [0.717, 1.165) is 24.8 Å². The van der Waals surface area contributed by atoms with E-state index in [1.807, 2.05) is 0 Å². The van der Waals surface area contributed by atoms with Crippen LogP contribution < -0.4 is 5.32 Å². The van der Waals surface area contributed by atoms with Gasteiger partial charge in [-0.3, -0.25) is 0 Å². The van der Waals surface area contributed by atoms with Crippen LogP contribution in [0, 0.1) is 11.8 Å². The molecule has 0 aromatic carbocycles. The second-order valence-electron chi connectivity index (χ2n) is 6.42. The zero-order valence-electron chi connectivity index (χ0n) is 11.0. The van der Waals surface area contributed by atoms with Crippen molar-refractivity contribution in [2.45, 2.75) is 51.5 Å². The van der Waals surface area contributed by atoms with Crippen LogP contribution in [0.2, 0.25) is 0 Å². The SMILES string of the molecule is CC1CCCC(CNC2(C)CCS(=O)(=O)C2)C1. The summed E-state index contributed by atoms with van der Waals surface area (Å²) in [5.41, 5.74) is -0.167. The second-order valence-corrected chi connectivity index (χ2v) is 8.61. The molecule has 100 valence electrons. The highest BCUT2D eigenvalue weighted by Gasteiger charge is 2.38. The van der Waals surface area contributed by atoms with Gasteiger partial charge in [-0.25, -0.2) is 8.42 Å². The van der Waals surface area contributed by atoms with Gasteiger partial charge in [0, 0.05) is 5.54 Å². The molecule has 2 aliphatic rings. The summed E-state index contributed by atoms with van der Waals surface area (Å²) in [6.45, 7) is 5.38. The predicted octanol–water partition coefficient (Wildman–Crippen LogP) is 1.98. The molecule has 0 radical (unpaired) electrons. The molecule has 0 aromatic heterocycles. The van der Waals surface area contributed by atoms with Crippen LogP contribution in [-0.4, -0.2) is 32.0 Å². The summed E-state index contributed by atoms with van der Waals surface area (Å²) in [5.74, 6) is 2.27. The van der Waals surface area contributed by atoms with Crippen LogP contribution >= 0.6 is 0 Å². The number of rotatable bonds is 3. The zero-order chi connectivity index (χ0) is 12.5. The quantitative estimate of drug-likeness (QED) is 0.843. The van der Waals surface area contributed by atoms with Gasteiger partial charge in [0.15, 0.2) is 9.84 Å². The van der Waals surface area contributed by atoms with Crippen molar-refractivity contribution in [3.8, 4) is 0 Å². The average molecular weight is 259 g/mol. The summed E-state index contributed by atoms with van der Waals surface area (Å²) in [6.07, 6.45) is 6.08. The van der Waals surface area contributed by atoms with Crippen LogP contribution in [0.1, 0.15) is 46.0 Å². The van der Waals surface area contributed by atoms with Crippen molar-refractivity contribution in [2.75, 3.05) is 18.1 Å². The fourth-order valence-corrected chi connectivity index (χ4v) is 5.41. The lowest BCUT2D eigenvalue weighted by Gasteiger charge is -2.31. The van der Waals surface area contributed by atoms with Gasteiger partial charge in [0.05, 0.1) is 11.5 Å². The highest BCUT2D eigenvalue weighted by Crippen LogP contribution is 2.29. The average Bonchev–Trinajstić information content (AvgIpc) is 2.51. The van der Waals surface area contributed by atoms with E-state index in [0.29, 0.717) is 11.5 Å². The van der Waals surface area contributed by atoms with Crippen LogP contribution in [-0.2, 0) is 9.84 Å². The molecular formula is C13H25NO2S. The smallest absolute Gasteiger partial charge is 0.152 e. The molecule has 1 saturated heterocycles. The lowest BCUT2D eigenvalue weighted by Crippen LogP contribution is -2.46. The molecule has 1 saturated carbocycles. The molecule has 0 bridgehead atoms. The molecule has 1 N–H and O–H groups in total. The Hall–Kier alpha value is -0.0900. The van der Waals surface area contributed by atoms with Gasteiger partial charge in [-0.15, -0.1) is 0 Å². The standard InChI is InChI=1S/C13H25NO2S/c1-11-4-3-5-12(8-11)9-14-13(2)6-7-17(15,16)10-13/h11-12,14H,3-10H2,1-2H3. The van der Waals surface area contributed by atoms with Crippen molar-refractivity contribution in [2.24, 2.45) is 11.8 Å². The molecule has 1 heterocycles. The third-order valence-electron chi connectivity index (χ3n) is 4.37. The normalized spacial score (nSPS) is 41.5. The van der Waals surface area contributed by atoms with Crippen molar-refractivity contribution in [1.29, 1.82) is 0 Å². The number of hydrogen-bond donors (Lipinski definition) is 1. The maximum atomic E-state index is 11.5. The van der Waals surface area contributed by atoms with Gasteiger partial charge in [0.1, 0.15) is 0 Å². The minimum absolute atomic E-state index is 0.167. The predicted molar refractivity (Wildman–Crippen MR) is 70.8 cm³/mol. The third-order valence-corrected chi connectivity index (χ3v) is 6.27. The molecule has 0 aromatic rings. The first kappa shape index (κ1) is 13.3. The van der Waals surface area contributed by atoms with Crippen LogP contribution in [0.5, 0.6) is 0 Å². The first-order valence-electron chi connectivity index (χ1n) is 6.84. The molecule has 0 spiro atoms. The molecule has 3 nitrogen and oxygen atoms in total. The second kappa shape index (κ2) is 4.88. The summed E-state index contributed by atoms with van der Waals surface area (Å²) < 4.78 is 23.0. The van der Waals surface area contributed by atoms with Crippen molar-refractivity contribution in [1.82, 2.24) is 5.32 Å². The van der Waals surface area contributed by atoms with Gasteiger partial charge in [-0.1, -0.05) is 19.8 Å². The monoisotopic (exact) mass is 259 g/mol. The van der Waals surface area contributed by atoms with Gasteiger partial charge in [-0.2, -0.15) is 0 Å². The molecule has 3 atom stereocenters. The molecule has 1 aliphatic carbocycles. The first-order valence-corrected chi connectivity index (χ1v) is 8.66. The van der Waals surface area contributed by atoms with Gasteiger partial charge in [-0.05, 0) is 44.6 Å².